The molecule has 0 spiro atoms. The van der Waals surface area contributed by atoms with E-state index in [0.717, 1.165) is 5.56 Å². The molecule has 1 heterocycles. The van der Waals surface area contributed by atoms with Crippen molar-refractivity contribution in [1.29, 1.82) is 0 Å². The fourth-order valence-corrected chi connectivity index (χ4v) is 2.74. The molecule has 0 saturated heterocycles. The normalized spacial score (nSPS) is 11.4. The number of nitrogens with zero attached hydrogens (tertiary/aromatic N) is 2. The van der Waals surface area contributed by atoms with E-state index in [9.17, 15) is 9.90 Å². The van der Waals surface area contributed by atoms with Crippen LogP contribution in [0.1, 0.15) is 23.0 Å². The standard InChI is InChI=1S/C18H14Cl2N4O2/c1-10(11-2-5-13(25)6-3-11)21-24-18(26)17-9-16(22-23-17)14-7-4-12(19)8-15(14)20/h2-9,25H,1H3,(H,22,23)(H,24,26)/b21-10-. The zero-order chi connectivity index (χ0) is 18.7. The third kappa shape index (κ3) is 4.04. The summed E-state index contributed by atoms with van der Waals surface area (Å²) in [5, 5.41) is 21.1. The number of phenols is 1. The number of nitrogens with one attached hydrogen (secondary N) is 2. The number of carbonyl (C=O) groups excluding carboxylic acids is 1. The summed E-state index contributed by atoms with van der Waals surface area (Å²) in [5.41, 5.74) is 5.27. The summed E-state index contributed by atoms with van der Waals surface area (Å²) in [5.74, 6) is -0.275. The fourth-order valence-electron chi connectivity index (χ4n) is 2.24. The van der Waals surface area contributed by atoms with Crippen LogP contribution in [0.5, 0.6) is 5.75 Å². The Bertz CT molecular complexity index is 981. The first kappa shape index (κ1) is 18.0. The maximum absolute atomic E-state index is 12.2. The van der Waals surface area contributed by atoms with Crippen LogP contribution in [0, 0.1) is 0 Å². The van der Waals surface area contributed by atoms with Gasteiger partial charge in [0, 0.05) is 10.6 Å². The van der Waals surface area contributed by atoms with Gasteiger partial charge in [0.1, 0.15) is 11.4 Å². The molecular formula is C18H14Cl2N4O2. The van der Waals surface area contributed by atoms with Gasteiger partial charge in [-0.25, -0.2) is 5.43 Å². The van der Waals surface area contributed by atoms with Crippen molar-refractivity contribution < 1.29 is 9.90 Å². The highest BCUT2D eigenvalue weighted by Crippen LogP contribution is 2.29. The largest absolute Gasteiger partial charge is 0.508 e. The van der Waals surface area contributed by atoms with Gasteiger partial charge in [-0.3, -0.25) is 9.89 Å². The van der Waals surface area contributed by atoms with Gasteiger partial charge in [-0.2, -0.15) is 10.2 Å². The molecule has 1 amide bonds. The van der Waals surface area contributed by atoms with Gasteiger partial charge in [-0.15, -0.1) is 0 Å². The lowest BCUT2D eigenvalue weighted by atomic mass is 10.1. The van der Waals surface area contributed by atoms with Gasteiger partial charge >= 0.3 is 0 Å². The number of aromatic nitrogens is 2. The molecule has 3 aromatic rings. The minimum atomic E-state index is -0.438. The molecule has 8 heteroatoms. The van der Waals surface area contributed by atoms with Crippen molar-refractivity contribution in [3.8, 4) is 17.0 Å². The van der Waals surface area contributed by atoms with Crippen LogP contribution in [-0.2, 0) is 0 Å². The first-order chi connectivity index (χ1) is 12.4. The molecule has 26 heavy (non-hydrogen) atoms. The minimum Gasteiger partial charge on any atom is -0.508 e. The number of benzene rings is 2. The summed E-state index contributed by atoms with van der Waals surface area (Å²) >= 11 is 12.0. The molecule has 0 radical (unpaired) electrons. The van der Waals surface area contributed by atoms with Crippen molar-refractivity contribution in [3.63, 3.8) is 0 Å². The van der Waals surface area contributed by atoms with Gasteiger partial charge < -0.3 is 5.11 Å². The van der Waals surface area contributed by atoms with Crippen LogP contribution >= 0.6 is 23.2 Å². The van der Waals surface area contributed by atoms with E-state index in [0.29, 0.717) is 27.0 Å². The topological polar surface area (TPSA) is 90.4 Å². The lowest BCUT2D eigenvalue weighted by molar-refractivity contribution is 0.0950. The molecule has 2 aromatic carbocycles. The van der Waals surface area contributed by atoms with Crippen molar-refractivity contribution in [2.24, 2.45) is 5.10 Å². The van der Waals surface area contributed by atoms with Crippen LogP contribution in [0.25, 0.3) is 11.3 Å². The first-order valence-corrected chi connectivity index (χ1v) is 8.34. The Morgan fingerprint density at radius 3 is 2.58 bits per heavy atom. The number of halogens is 2. The Labute approximate surface area is 159 Å². The van der Waals surface area contributed by atoms with Gasteiger partial charge in [0.05, 0.1) is 16.4 Å². The number of rotatable bonds is 4. The van der Waals surface area contributed by atoms with Gasteiger partial charge in [-0.05, 0) is 61.0 Å². The molecule has 0 unspecified atom stereocenters. The molecular weight excluding hydrogens is 375 g/mol. The highest BCUT2D eigenvalue weighted by atomic mass is 35.5. The Balaban J connectivity index is 1.74. The Morgan fingerprint density at radius 2 is 1.88 bits per heavy atom. The molecule has 0 aliphatic carbocycles. The number of hydrogen-bond donors (Lipinski definition) is 3. The summed E-state index contributed by atoms with van der Waals surface area (Å²) in [6.07, 6.45) is 0. The van der Waals surface area contributed by atoms with Gasteiger partial charge in [0.25, 0.3) is 5.91 Å². The van der Waals surface area contributed by atoms with E-state index in [1.807, 2.05) is 0 Å². The Hall–Kier alpha value is -2.83. The predicted molar refractivity (Wildman–Crippen MR) is 102 cm³/mol. The van der Waals surface area contributed by atoms with Crippen LogP contribution in [0.4, 0.5) is 0 Å². The average Bonchev–Trinajstić information content (AvgIpc) is 3.10. The predicted octanol–water partition coefficient (Wildman–Crippen LogP) is 4.24. The van der Waals surface area contributed by atoms with Gasteiger partial charge in [0.2, 0.25) is 0 Å². The molecule has 0 bridgehead atoms. The number of amides is 1. The zero-order valence-electron chi connectivity index (χ0n) is 13.6. The number of aromatic amines is 1. The molecule has 6 nitrogen and oxygen atoms in total. The molecule has 3 rings (SSSR count). The molecule has 0 saturated carbocycles. The molecule has 0 fully saturated rings. The summed E-state index contributed by atoms with van der Waals surface area (Å²) in [6, 6.07) is 13.1. The van der Waals surface area contributed by atoms with Crippen molar-refractivity contribution >= 4 is 34.8 Å². The van der Waals surface area contributed by atoms with Crippen molar-refractivity contribution in [2.75, 3.05) is 0 Å². The smallest absolute Gasteiger partial charge is 0.289 e. The Kier molecular flexibility index (Phi) is 5.25. The van der Waals surface area contributed by atoms with E-state index in [1.54, 1.807) is 55.5 Å². The second-order valence-electron chi connectivity index (χ2n) is 5.48. The zero-order valence-corrected chi connectivity index (χ0v) is 15.1. The van der Waals surface area contributed by atoms with E-state index in [4.69, 9.17) is 23.2 Å². The number of phenolic OH excluding ortho intramolecular Hbond substituents is 1. The van der Waals surface area contributed by atoms with E-state index in [1.165, 1.54) is 0 Å². The van der Waals surface area contributed by atoms with Gasteiger partial charge in [0.15, 0.2) is 0 Å². The quantitative estimate of drug-likeness (QED) is 0.460. The van der Waals surface area contributed by atoms with Crippen molar-refractivity contribution in [3.05, 3.63) is 69.8 Å². The fraction of sp³-hybridized carbons (Fsp3) is 0.0556. The number of hydrogen-bond acceptors (Lipinski definition) is 4. The third-order valence-corrected chi connectivity index (χ3v) is 4.19. The maximum atomic E-state index is 12.2. The van der Waals surface area contributed by atoms with Crippen LogP contribution < -0.4 is 5.43 Å². The van der Waals surface area contributed by atoms with Crippen LogP contribution in [-0.4, -0.2) is 26.9 Å². The van der Waals surface area contributed by atoms with E-state index in [-0.39, 0.29) is 11.4 Å². The molecule has 1 aromatic heterocycles. The second-order valence-corrected chi connectivity index (χ2v) is 6.32. The third-order valence-electron chi connectivity index (χ3n) is 3.64. The number of aromatic hydroxyl groups is 1. The van der Waals surface area contributed by atoms with E-state index >= 15 is 0 Å². The first-order valence-electron chi connectivity index (χ1n) is 7.59. The number of hydrazone groups is 1. The SMILES string of the molecule is C/C(=N/NC(=O)c1cc(-c2ccc(Cl)cc2Cl)n[nH]1)c1ccc(O)cc1. The lowest BCUT2D eigenvalue weighted by Gasteiger charge is -2.02. The van der Waals surface area contributed by atoms with Crippen LogP contribution in [0.3, 0.4) is 0 Å². The monoisotopic (exact) mass is 388 g/mol. The number of carbonyl (C=O) groups is 1. The van der Waals surface area contributed by atoms with E-state index in [2.05, 4.69) is 20.7 Å². The van der Waals surface area contributed by atoms with Crippen molar-refractivity contribution in [1.82, 2.24) is 15.6 Å². The average molecular weight is 389 g/mol. The summed E-state index contributed by atoms with van der Waals surface area (Å²) < 4.78 is 0. The summed E-state index contributed by atoms with van der Waals surface area (Å²) in [7, 11) is 0. The Morgan fingerprint density at radius 1 is 1.15 bits per heavy atom. The highest BCUT2D eigenvalue weighted by molar-refractivity contribution is 6.36. The highest BCUT2D eigenvalue weighted by Gasteiger charge is 2.13. The van der Waals surface area contributed by atoms with Gasteiger partial charge in [-0.1, -0.05) is 23.2 Å². The second kappa shape index (κ2) is 7.59. The van der Waals surface area contributed by atoms with Crippen molar-refractivity contribution in [2.45, 2.75) is 6.92 Å². The summed E-state index contributed by atoms with van der Waals surface area (Å²) in [6.45, 7) is 1.75. The minimum absolute atomic E-state index is 0.163. The maximum Gasteiger partial charge on any atom is 0.289 e. The van der Waals surface area contributed by atoms with E-state index < -0.39 is 5.91 Å². The molecule has 132 valence electrons. The number of H-pyrrole nitrogens is 1. The van der Waals surface area contributed by atoms with Crippen LogP contribution in [0.2, 0.25) is 10.0 Å². The molecule has 0 aliphatic rings. The molecule has 0 aliphatic heterocycles. The van der Waals surface area contributed by atoms with Crippen LogP contribution in [0.15, 0.2) is 53.6 Å². The molecule has 3 N–H and O–H groups in total. The summed E-state index contributed by atoms with van der Waals surface area (Å²) in [4.78, 5) is 12.2. The lowest BCUT2D eigenvalue weighted by Crippen LogP contribution is -2.19. The molecule has 0 atom stereocenters.